The van der Waals surface area contributed by atoms with Crippen molar-refractivity contribution in [1.29, 1.82) is 0 Å². The van der Waals surface area contributed by atoms with E-state index in [2.05, 4.69) is 4.98 Å². The van der Waals surface area contributed by atoms with Gasteiger partial charge in [-0.05, 0) is 48.7 Å². The molecule has 1 aliphatic carbocycles. The maximum Gasteiger partial charge on any atom is 0.182 e. The molecule has 5 nitrogen and oxygen atoms in total. The number of rotatable bonds is 6. The zero-order valence-corrected chi connectivity index (χ0v) is 18.0. The minimum Gasteiger partial charge on any atom is -0.485 e. The van der Waals surface area contributed by atoms with Crippen molar-refractivity contribution < 1.29 is 23.4 Å². The zero-order chi connectivity index (χ0) is 23.1. The molecular weight excluding hydrogens is 426 g/mol. The Hall–Kier alpha value is -3.58. The second kappa shape index (κ2) is 8.41. The van der Waals surface area contributed by atoms with E-state index in [0.29, 0.717) is 29.2 Å². The highest BCUT2D eigenvalue weighted by atomic mass is 19.1. The summed E-state index contributed by atoms with van der Waals surface area (Å²) in [6.45, 7) is 1.43. The minimum atomic E-state index is -0.687. The van der Waals surface area contributed by atoms with Gasteiger partial charge in [0.05, 0.1) is 17.4 Å². The number of fused-ring (bicyclic) bond motifs is 2. The number of halogens is 2. The summed E-state index contributed by atoms with van der Waals surface area (Å²) in [5, 5.41) is 10.6. The highest BCUT2D eigenvalue weighted by molar-refractivity contribution is 5.97. The molecule has 1 N–H and O–H groups in total. The molecule has 1 aliphatic rings. The molecule has 4 aromatic rings. The molecule has 0 saturated carbocycles. The molecule has 2 aromatic heterocycles. The fraction of sp³-hybridized carbons (Fsp3) is 0.231. The van der Waals surface area contributed by atoms with Gasteiger partial charge in [0.15, 0.2) is 17.2 Å². The van der Waals surface area contributed by atoms with E-state index in [4.69, 9.17) is 4.74 Å². The van der Waals surface area contributed by atoms with Crippen LogP contribution in [0.1, 0.15) is 45.2 Å². The topological polar surface area (TPSA) is 63.8 Å². The van der Waals surface area contributed by atoms with Gasteiger partial charge in [-0.15, -0.1) is 0 Å². The standard InChI is InChI=1S/C26H22F2N2O3/c1-15-25(23(32)13-18-17-7-3-2-6-16(17)12-22(18)31)30-11-5-10-24(26(30)29-15)33-14-19-20(27)8-4-9-21(19)28/h2-11,18,22,31H,12-14H2,1H3/t18-,22-/m1/s1. The fourth-order valence-corrected chi connectivity index (χ4v) is 4.62. The smallest absolute Gasteiger partial charge is 0.182 e. The van der Waals surface area contributed by atoms with E-state index < -0.39 is 17.7 Å². The van der Waals surface area contributed by atoms with Crippen molar-refractivity contribution in [2.45, 2.75) is 38.4 Å². The summed E-state index contributed by atoms with van der Waals surface area (Å²) in [5.74, 6) is -1.48. The molecule has 7 heteroatoms. The molecule has 0 aliphatic heterocycles. The SMILES string of the molecule is Cc1nc2c(OCc3c(F)cccc3F)cccn2c1C(=O)C[C@@H]1c2ccccc2C[C@H]1O. The van der Waals surface area contributed by atoms with Gasteiger partial charge in [0.1, 0.15) is 23.9 Å². The van der Waals surface area contributed by atoms with Crippen LogP contribution < -0.4 is 4.74 Å². The van der Waals surface area contributed by atoms with Gasteiger partial charge < -0.3 is 9.84 Å². The Balaban J connectivity index is 1.43. The number of carbonyl (C=O) groups excluding carboxylic acids is 1. The highest BCUT2D eigenvalue weighted by Gasteiger charge is 2.33. The van der Waals surface area contributed by atoms with E-state index >= 15 is 0 Å². The Morgan fingerprint density at radius 3 is 2.67 bits per heavy atom. The number of carbonyl (C=O) groups is 1. The monoisotopic (exact) mass is 448 g/mol. The van der Waals surface area contributed by atoms with E-state index in [1.54, 1.807) is 29.7 Å². The van der Waals surface area contributed by atoms with Crippen LogP contribution in [0.15, 0.2) is 60.8 Å². The van der Waals surface area contributed by atoms with Crippen molar-refractivity contribution in [3.05, 3.63) is 101 Å². The molecule has 5 rings (SSSR count). The summed E-state index contributed by atoms with van der Waals surface area (Å²) in [4.78, 5) is 17.8. The Morgan fingerprint density at radius 2 is 1.88 bits per heavy atom. The first-order valence-corrected chi connectivity index (χ1v) is 10.8. The van der Waals surface area contributed by atoms with Crippen LogP contribution in [0.3, 0.4) is 0 Å². The summed E-state index contributed by atoms with van der Waals surface area (Å²) < 4.78 is 35.3. The summed E-state index contributed by atoms with van der Waals surface area (Å²) >= 11 is 0. The zero-order valence-electron chi connectivity index (χ0n) is 18.0. The fourth-order valence-electron chi connectivity index (χ4n) is 4.62. The largest absolute Gasteiger partial charge is 0.485 e. The number of nitrogens with zero attached hydrogens (tertiary/aromatic N) is 2. The second-order valence-corrected chi connectivity index (χ2v) is 8.30. The number of aliphatic hydroxyl groups is 1. The number of hydrogen-bond acceptors (Lipinski definition) is 4. The predicted octanol–water partition coefficient (Wildman–Crippen LogP) is 4.77. The van der Waals surface area contributed by atoms with Gasteiger partial charge in [0.2, 0.25) is 0 Å². The molecule has 0 radical (unpaired) electrons. The van der Waals surface area contributed by atoms with Gasteiger partial charge in [-0.2, -0.15) is 0 Å². The third kappa shape index (κ3) is 3.78. The molecule has 0 bridgehead atoms. The molecule has 0 saturated heterocycles. The van der Waals surface area contributed by atoms with Crippen LogP contribution in [0, 0.1) is 18.6 Å². The van der Waals surface area contributed by atoms with Gasteiger partial charge in [-0.3, -0.25) is 9.20 Å². The van der Waals surface area contributed by atoms with Crippen LogP contribution in [0.5, 0.6) is 5.75 Å². The Morgan fingerprint density at radius 1 is 1.12 bits per heavy atom. The van der Waals surface area contributed by atoms with Crippen LogP contribution in [-0.4, -0.2) is 26.4 Å². The van der Waals surface area contributed by atoms with Gasteiger partial charge in [-0.1, -0.05) is 30.3 Å². The predicted molar refractivity (Wildman–Crippen MR) is 118 cm³/mol. The van der Waals surface area contributed by atoms with Crippen LogP contribution >= 0.6 is 0 Å². The molecule has 0 amide bonds. The lowest BCUT2D eigenvalue weighted by Crippen LogP contribution is -2.18. The molecular formula is C26H22F2N2O3. The second-order valence-electron chi connectivity index (χ2n) is 8.30. The molecule has 0 fully saturated rings. The molecule has 0 spiro atoms. The maximum absolute atomic E-state index is 14.0. The third-order valence-corrected chi connectivity index (χ3v) is 6.24. The number of ketones is 1. The van der Waals surface area contributed by atoms with E-state index in [9.17, 15) is 18.7 Å². The lowest BCUT2D eigenvalue weighted by Gasteiger charge is -2.15. The average Bonchev–Trinajstić information content (AvgIpc) is 3.29. The molecule has 2 atom stereocenters. The molecule has 2 aromatic carbocycles. The number of imidazole rings is 1. The maximum atomic E-state index is 14.0. The van der Waals surface area contributed by atoms with Gasteiger partial charge in [-0.25, -0.2) is 13.8 Å². The van der Waals surface area contributed by atoms with Gasteiger partial charge in [0.25, 0.3) is 0 Å². The molecule has 0 unspecified atom stereocenters. The number of hydrogen-bond donors (Lipinski definition) is 1. The number of Topliss-reactive ketones (excluding diaryl/α,β-unsaturated/α-hetero) is 1. The van der Waals surface area contributed by atoms with E-state index in [1.165, 1.54) is 18.2 Å². The van der Waals surface area contributed by atoms with E-state index in [-0.39, 0.29) is 30.3 Å². The van der Waals surface area contributed by atoms with Crippen LogP contribution in [0.25, 0.3) is 5.65 Å². The first-order valence-electron chi connectivity index (χ1n) is 10.8. The number of aromatic nitrogens is 2. The van der Waals surface area contributed by atoms with Gasteiger partial charge in [0, 0.05) is 18.5 Å². The van der Waals surface area contributed by atoms with E-state index in [1.807, 2.05) is 24.3 Å². The quantitative estimate of drug-likeness (QED) is 0.432. The molecule has 2 heterocycles. The summed E-state index contributed by atoms with van der Waals surface area (Å²) in [7, 11) is 0. The van der Waals surface area contributed by atoms with Crippen molar-refractivity contribution in [3.8, 4) is 5.75 Å². The lowest BCUT2D eigenvalue weighted by molar-refractivity contribution is 0.0915. The van der Waals surface area contributed by atoms with Crippen molar-refractivity contribution >= 4 is 11.4 Å². The normalized spacial score (nSPS) is 17.3. The van der Waals surface area contributed by atoms with Crippen LogP contribution in [0.2, 0.25) is 0 Å². The van der Waals surface area contributed by atoms with Gasteiger partial charge >= 0.3 is 0 Å². The van der Waals surface area contributed by atoms with Crippen molar-refractivity contribution in [3.63, 3.8) is 0 Å². The number of ether oxygens (including phenoxy) is 1. The lowest BCUT2D eigenvalue weighted by atomic mass is 9.93. The van der Waals surface area contributed by atoms with Crippen molar-refractivity contribution in [2.24, 2.45) is 0 Å². The number of aryl methyl sites for hydroxylation is 1. The number of aliphatic hydroxyl groups excluding tert-OH is 1. The first-order chi connectivity index (χ1) is 15.9. The average molecular weight is 448 g/mol. The Labute approximate surface area is 189 Å². The number of pyridine rings is 1. The van der Waals surface area contributed by atoms with Crippen molar-refractivity contribution in [1.82, 2.24) is 9.38 Å². The first kappa shape index (κ1) is 21.3. The van der Waals surface area contributed by atoms with Crippen LogP contribution in [0.4, 0.5) is 8.78 Å². The summed E-state index contributed by atoms with van der Waals surface area (Å²) in [5.41, 5.74) is 3.21. The van der Waals surface area contributed by atoms with Crippen molar-refractivity contribution in [2.75, 3.05) is 0 Å². The van der Waals surface area contributed by atoms with Crippen LogP contribution in [-0.2, 0) is 13.0 Å². The Kier molecular flexibility index (Phi) is 5.42. The molecule has 33 heavy (non-hydrogen) atoms. The third-order valence-electron chi connectivity index (χ3n) is 6.24. The minimum absolute atomic E-state index is 0.141. The van der Waals surface area contributed by atoms with E-state index in [0.717, 1.165) is 11.1 Å². The summed E-state index contributed by atoms with van der Waals surface area (Å²) in [6, 6.07) is 14.8. The molecule has 168 valence electrons. The summed E-state index contributed by atoms with van der Waals surface area (Å²) in [6.07, 6.45) is 1.78. The number of benzene rings is 2. The highest BCUT2D eigenvalue weighted by Crippen LogP contribution is 2.37. The Bertz CT molecular complexity index is 1340.